The van der Waals surface area contributed by atoms with Crippen molar-refractivity contribution in [2.75, 3.05) is 16.0 Å². The zero-order valence-corrected chi connectivity index (χ0v) is 21.0. The van der Waals surface area contributed by atoms with Crippen LogP contribution in [0.25, 0.3) is 5.69 Å². The Morgan fingerprint density at radius 3 is 2.49 bits per heavy atom. The summed E-state index contributed by atoms with van der Waals surface area (Å²) in [7, 11) is 0. The molecule has 0 fully saturated rings. The van der Waals surface area contributed by atoms with E-state index in [9.17, 15) is 9.59 Å². The number of fused-ring (bicyclic) bond motifs is 1. The van der Waals surface area contributed by atoms with Gasteiger partial charge in [0, 0.05) is 35.3 Å². The number of carbonyl (C=O) groups is 2. The molecule has 0 unspecified atom stereocenters. The number of anilines is 3. The molecular weight excluding hydrogens is 466 g/mol. The number of hydrogen-bond donors (Lipinski definition) is 3. The fraction of sp³-hybridized carbons (Fsp3) is 0.207. The molecule has 188 valence electrons. The number of ether oxygens (including phenoxy) is 1. The quantitative estimate of drug-likeness (QED) is 0.295. The SMILES string of the molecule is CC(C)(C)c1cc(NC(=O)Nc2cccc(Oc3ccccc3)c2)n(-c2ccc3c(c2)CCC(=O)N3)n1. The zero-order valence-electron chi connectivity index (χ0n) is 21.0. The van der Waals surface area contributed by atoms with Crippen LogP contribution in [0.4, 0.5) is 22.0 Å². The lowest BCUT2D eigenvalue weighted by atomic mass is 9.92. The molecule has 8 heteroatoms. The smallest absolute Gasteiger partial charge is 0.324 e. The van der Waals surface area contributed by atoms with Crippen LogP contribution in [0, 0.1) is 0 Å². The third kappa shape index (κ3) is 5.64. The fourth-order valence-electron chi connectivity index (χ4n) is 4.08. The minimum absolute atomic E-state index is 0.0200. The monoisotopic (exact) mass is 495 g/mol. The van der Waals surface area contributed by atoms with Crippen LogP contribution < -0.4 is 20.7 Å². The number of para-hydroxylation sites is 1. The Balaban J connectivity index is 1.37. The van der Waals surface area contributed by atoms with E-state index < -0.39 is 6.03 Å². The first-order chi connectivity index (χ1) is 17.7. The number of amides is 3. The van der Waals surface area contributed by atoms with Crippen LogP contribution in [-0.4, -0.2) is 21.7 Å². The topological polar surface area (TPSA) is 97.3 Å². The first-order valence-corrected chi connectivity index (χ1v) is 12.2. The third-order valence-corrected chi connectivity index (χ3v) is 6.02. The first kappa shape index (κ1) is 24.1. The maximum atomic E-state index is 13.0. The van der Waals surface area contributed by atoms with Gasteiger partial charge in [-0.25, -0.2) is 9.48 Å². The highest BCUT2D eigenvalue weighted by Gasteiger charge is 2.23. The minimum atomic E-state index is -0.399. The number of benzene rings is 3. The molecule has 0 atom stereocenters. The number of urea groups is 1. The van der Waals surface area contributed by atoms with Gasteiger partial charge in [0.25, 0.3) is 0 Å². The molecule has 0 spiro atoms. The Bertz CT molecular complexity index is 1450. The van der Waals surface area contributed by atoms with Gasteiger partial charge in [0.2, 0.25) is 5.91 Å². The van der Waals surface area contributed by atoms with Gasteiger partial charge in [-0.2, -0.15) is 5.10 Å². The van der Waals surface area contributed by atoms with E-state index in [4.69, 9.17) is 9.84 Å². The summed E-state index contributed by atoms with van der Waals surface area (Å²) in [6.45, 7) is 6.22. The van der Waals surface area contributed by atoms with Gasteiger partial charge in [-0.1, -0.05) is 45.0 Å². The summed E-state index contributed by atoms with van der Waals surface area (Å²) in [5.41, 5.74) is 3.87. The van der Waals surface area contributed by atoms with Crippen molar-refractivity contribution in [2.45, 2.75) is 39.0 Å². The number of carbonyl (C=O) groups excluding carboxylic acids is 2. The number of hydrogen-bond acceptors (Lipinski definition) is 4. The van der Waals surface area contributed by atoms with E-state index in [-0.39, 0.29) is 11.3 Å². The first-order valence-electron chi connectivity index (χ1n) is 12.2. The lowest BCUT2D eigenvalue weighted by molar-refractivity contribution is -0.116. The van der Waals surface area contributed by atoms with Crippen molar-refractivity contribution in [3.8, 4) is 17.2 Å². The number of rotatable bonds is 5. The predicted molar refractivity (Wildman–Crippen MR) is 145 cm³/mol. The molecule has 3 amide bonds. The number of aromatic nitrogens is 2. The van der Waals surface area contributed by atoms with Gasteiger partial charge < -0.3 is 15.4 Å². The molecule has 0 radical (unpaired) electrons. The average Bonchev–Trinajstić information content (AvgIpc) is 3.29. The summed E-state index contributed by atoms with van der Waals surface area (Å²) in [5.74, 6) is 1.89. The Labute approximate surface area is 215 Å². The van der Waals surface area contributed by atoms with Crippen molar-refractivity contribution in [1.29, 1.82) is 0 Å². The van der Waals surface area contributed by atoms with Crippen molar-refractivity contribution in [2.24, 2.45) is 0 Å². The molecule has 0 saturated carbocycles. The lowest BCUT2D eigenvalue weighted by Crippen LogP contribution is -2.22. The molecular formula is C29H29N5O3. The second kappa shape index (κ2) is 9.81. The molecule has 1 aliphatic rings. The Hall–Kier alpha value is -4.59. The van der Waals surface area contributed by atoms with Crippen LogP contribution in [-0.2, 0) is 16.6 Å². The van der Waals surface area contributed by atoms with E-state index >= 15 is 0 Å². The summed E-state index contributed by atoms with van der Waals surface area (Å²) in [6, 6.07) is 23.9. The van der Waals surface area contributed by atoms with Gasteiger partial charge in [0.15, 0.2) is 0 Å². The van der Waals surface area contributed by atoms with Crippen LogP contribution in [0.3, 0.4) is 0 Å². The van der Waals surface area contributed by atoms with Crippen LogP contribution in [0.1, 0.15) is 38.4 Å². The van der Waals surface area contributed by atoms with Crippen molar-refractivity contribution in [3.05, 3.63) is 90.1 Å². The standard InChI is InChI=1S/C29H29N5O3/c1-29(2,3)25-18-26(34(33-25)21-13-14-24-19(16-21)12-15-27(35)31-24)32-28(36)30-20-8-7-11-23(17-20)37-22-9-5-4-6-10-22/h4-11,13-14,16-18H,12,15H2,1-3H3,(H,31,35)(H2,30,32,36). The Kier molecular flexibility index (Phi) is 6.40. The maximum absolute atomic E-state index is 13.0. The highest BCUT2D eigenvalue weighted by Crippen LogP contribution is 2.30. The van der Waals surface area contributed by atoms with E-state index in [1.807, 2.05) is 66.7 Å². The van der Waals surface area contributed by atoms with Gasteiger partial charge >= 0.3 is 6.03 Å². The van der Waals surface area contributed by atoms with Gasteiger partial charge in [0.05, 0.1) is 11.4 Å². The zero-order chi connectivity index (χ0) is 26.0. The molecule has 2 heterocycles. The maximum Gasteiger partial charge on any atom is 0.324 e. The fourth-order valence-corrected chi connectivity index (χ4v) is 4.08. The Morgan fingerprint density at radius 2 is 1.70 bits per heavy atom. The van der Waals surface area contributed by atoms with Crippen molar-refractivity contribution < 1.29 is 14.3 Å². The molecule has 0 aliphatic carbocycles. The van der Waals surface area contributed by atoms with Crippen LogP contribution in [0.15, 0.2) is 78.9 Å². The summed E-state index contributed by atoms with van der Waals surface area (Å²) in [5, 5.41) is 13.5. The number of nitrogens with zero attached hydrogens (tertiary/aromatic N) is 2. The Morgan fingerprint density at radius 1 is 0.919 bits per heavy atom. The second-order valence-corrected chi connectivity index (χ2v) is 9.99. The predicted octanol–water partition coefficient (Wildman–Crippen LogP) is 6.49. The molecule has 8 nitrogen and oxygen atoms in total. The van der Waals surface area contributed by atoms with E-state index in [0.717, 1.165) is 22.6 Å². The minimum Gasteiger partial charge on any atom is -0.457 e. The summed E-state index contributed by atoms with van der Waals surface area (Å²) < 4.78 is 7.60. The average molecular weight is 496 g/mol. The molecule has 3 N–H and O–H groups in total. The molecule has 0 saturated heterocycles. The molecule has 4 aromatic rings. The number of aryl methyl sites for hydroxylation is 1. The van der Waals surface area contributed by atoms with Crippen molar-refractivity contribution >= 4 is 29.1 Å². The van der Waals surface area contributed by atoms with E-state index in [1.165, 1.54) is 0 Å². The summed E-state index contributed by atoms with van der Waals surface area (Å²) in [4.78, 5) is 24.8. The van der Waals surface area contributed by atoms with Crippen LogP contribution in [0.2, 0.25) is 0 Å². The van der Waals surface area contributed by atoms with E-state index in [2.05, 4.69) is 36.7 Å². The third-order valence-electron chi connectivity index (χ3n) is 6.02. The van der Waals surface area contributed by atoms with Crippen LogP contribution in [0.5, 0.6) is 11.5 Å². The molecule has 5 rings (SSSR count). The van der Waals surface area contributed by atoms with E-state index in [1.54, 1.807) is 16.8 Å². The largest absolute Gasteiger partial charge is 0.457 e. The van der Waals surface area contributed by atoms with Gasteiger partial charge in [-0.05, 0) is 54.4 Å². The second-order valence-electron chi connectivity index (χ2n) is 9.99. The van der Waals surface area contributed by atoms with Gasteiger partial charge in [0.1, 0.15) is 17.3 Å². The van der Waals surface area contributed by atoms with Gasteiger partial charge in [-0.15, -0.1) is 0 Å². The highest BCUT2D eigenvalue weighted by molar-refractivity contribution is 5.99. The molecule has 1 aromatic heterocycles. The highest BCUT2D eigenvalue weighted by atomic mass is 16.5. The van der Waals surface area contributed by atoms with Crippen molar-refractivity contribution in [3.63, 3.8) is 0 Å². The normalized spacial score (nSPS) is 12.9. The summed E-state index contributed by atoms with van der Waals surface area (Å²) >= 11 is 0. The van der Waals surface area contributed by atoms with Crippen molar-refractivity contribution in [1.82, 2.24) is 9.78 Å². The number of nitrogens with one attached hydrogen (secondary N) is 3. The molecule has 3 aromatic carbocycles. The molecule has 0 bridgehead atoms. The van der Waals surface area contributed by atoms with E-state index in [0.29, 0.717) is 35.8 Å². The lowest BCUT2D eigenvalue weighted by Gasteiger charge is -2.18. The molecule has 37 heavy (non-hydrogen) atoms. The van der Waals surface area contributed by atoms with Crippen LogP contribution >= 0.6 is 0 Å². The summed E-state index contributed by atoms with van der Waals surface area (Å²) in [6.07, 6.45) is 1.11. The molecule has 1 aliphatic heterocycles. The van der Waals surface area contributed by atoms with Gasteiger partial charge in [-0.3, -0.25) is 10.1 Å².